The summed E-state index contributed by atoms with van der Waals surface area (Å²) in [5, 5.41) is 5.04. The highest BCUT2D eigenvalue weighted by atomic mass is 16.1. The van der Waals surface area contributed by atoms with E-state index in [1.165, 1.54) is 43.6 Å². The lowest BCUT2D eigenvalue weighted by molar-refractivity contribution is -0.112. The lowest BCUT2D eigenvalue weighted by Gasteiger charge is -2.17. The van der Waals surface area contributed by atoms with Crippen molar-refractivity contribution in [1.82, 2.24) is 9.13 Å². The van der Waals surface area contributed by atoms with E-state index in [1.807, 2.05) is 0 Å². The molecule has 0 aliphatic heterocycles. The highest BCUT2D eigenvalue weighted by Crippen LogP contribution is 2.34. The maximum Gasteiger partial charge on any atom is 0.185 e. The molecular weight excluding hydrogens is 476 g/mol. The van der Waals surface area contributed by atoms with Gasteiger partial charge in [0.1, 0.15) is 0 Å². The van der Waals surface area contributed by atoms with Gasteiger partial charge in [0.25, 0.3) is 0 Å². The summed E-state index contributed by atoms with van der Waals surface area (Å²) in [5.41, 5.74) is 9.03. The van der Waals surface area contributed by atoms with Crippen LogP contribution in [0.4, 0.5) is 0 Å². The Bertz CT molecular complexity index is 1840. The van der Waals surface area contributed by atoms with Crippen LogP contribution < -0.4 is 0 Å². The molecule has 2 aromatic heterocycles. The average molecular weight is 509 g/mol. The Kier molecular flexibility index (Phi) is 5.73. The van der Waals surface area contributed by atoms with Crippen LogP contribution in [0.25, 0.3) is 55.8 Å². The second kappa shape index (κ2) is 9.43. The number of para-hydroxylation sites is 2. The molecule has 2 heterocycles. The van der Waals surface area contributed by atoms with Crippen LogP contribution in [0.1, 0.15) is 44.2 Å². The summed E-state index contributed by atoms with van der Waals surface area (Å²) in [6.45, 7) is 6.25. The Balaban J connectivity index is 1.26. The van der Waals surface area contributed by atoms with E-state index in [0.29, 0.717) is 0 Å². The van der Waals surface area contributed by atoms with Crippen molar-refractivity contribution in [2.75, 3.05) is 0 Å². The quantitative estimate of drug-likeness (QED) is 0.218. The highest BCUT2D eigenvalue weighted by molar-refractivity contribution is 6.15. The van der Waals surface area contributed by atoms with Crippen molar-refractivity contribution in [3.8, 4) is 0 Å². The summed E-state index contributed by atoms with van der Waals surface area (Å²) in [5.74, 6) is 0.188. The molecule has 7 rings (SSSR count). The fourth-order valence-corrected chi connectivity index (χ4v) is 6.58. The first-order valence-electron chi connectivity index (χ1n) is 14.1. The molecule has 1 saturated carbocycles. The maximum absolute atomic E-state index is 13.6. The number of aromatic nitrogens is 2. The normalized spacial score (nSPS) is 16.5. The van der Waals surface area contributed by atoms with E-state index < -0.39 is 0 Å². The van der Waals surface area contributed by atoms with Crippen molar-refractivity contribution in [2.24, 2.45) is 0 Å². The largest absolute Gasteiger partial charge is 0.341 e. The Labute approximate surface area is 228 Å². The molecule has 1 aliphatic rings. The zero-order chi connectivity index (χ0) is 26.5. The van der Waals surface area contributed by atoms with Gasteiger partial charge in [0.15, 0.2) is 5.78 Å². The monoisotopic (exact) mass is 508 g/mol. The van der Waals surface area contributed by atoms with Gasteiger partial charge in [-0.25, -0.2) is 0 Å². The molecule has 1 fully saturated rings. The number of aryl methyl sites for hydroxylation is 2. The maximum atomic E-state index is 13.6. The molecule has 0 saturated heterocycles. The molecule has 0 atom stereocenters. The molecule has 0 radical (unpaired) electrons. The van der Waals surface area contributed by atoms with Crippen molar-refractivity contribution < 1.29 is 4.79 Å². The second-order valence-corrected chi connectivity index (χ2v) is 10.6. The fourth-order valence-electron chi connectivity index (χ4n) is 6.58. The van der Waals surface area contributed by atoms with Gasteiger partial charge in [-0.3, -0.25) is 4.79 Å². The molecule has 0 N–H and O–H groups in total. The van der Waals surface area contributed by atoms with Crippen molar-refractivity contribution in [3.63, 3.8) is 0 Å². The minimum Gasteiger partial charge on any atom is -0.341 e. The molecule has 39 heavy (non-hydrogen) atoms. The van der Waals surface area contributed by atoms with Gasteiger partial charge < -0.3 is 9.13 Å². The first-order chi connectivity index (χ1) is 19.2. The molecule has 192 valence electrons. The minimum atomic E-state index is 0.188. The van der Waals surface area contributed by atoms with Gasteiger partial charge in [-0.15, -0.1) is 0 Å². The standard InChI is InChI=1S/C36H32N2O/c1-3-37-32-14-7-5-12-28(32)30-22-24(16-18-34(30)37)20-26-10-9-11-27(36(26)39)21-25-17-19-35-31(23-25)29-13-6-8-15-33(29)38(35)4-2/h5-8,12-23H,3-4,9-11H2,1-2H3/b26-20+,27-21+. The summed E-state index contributed by atoms with van der Waals surface area (Å²) >= 11 is 0. The number of benzene rings is 4. The van der Waals surface area contributed by atoms with Gasteiger partial charge in [-0.1, -0.05) is 48.5 Å². The Morgan fingerprint density at radius 1 is 0.590 bits per heavy atom. The summed E-state index contributed by atoms with van der Waals surface area (Å²) < 4.78 is 4.73. The number of carbonyl (C=O) groups is 1. The van der Waals surface area contributed by atoms with E-state index in [-0.39, 0.29) is 5.78 Å². The summed E-state index contributed by atoms with van der Waals surface area (Å²) in [7, 11) is 0. The van der Waals surface area contributed by atoms with Crippen LogP contribution in [0, 0.1) is 0 Å². The first kappa shape index (κ1) is 23.7. The van der Waals surface area contributed by atoms with Crippen LogP contribution in [-0.4, -0.2) is 14.9 Å². The topological polar surface area (TPSA) is 26.9 Å². The van der Waals surface area contributed by atoms with Gasteiger partial charge >= 0.3 is 0 Å². The van der Waals surface area contributed by atoms with Gasteiger partial charge in [0, 0.05) is 67.8 Å². The second-order valence-electron chi connectivity index (χ2n) is 10.6. The fraction of sp³-hybridized carbons (Fsp3) is 0.194. The number of Topliss-reactive ketones (excluding diaryl/α,β-unsaturated/α-hetero) is 1. The van der Waals surface area contributed by atoms with E-state index in [1.54, 1.807) is 0 Å². The average Bonchev–Trinajstić information content (AvgIpc) is 3.46. The molecule has 0 unspecified atom stereocenters. The van der Waals surface area contributed by atoms with Crippen LogP contribution in [0.3, 0.4) is 0 Å². The molecule has 0 amide bonds. The van der Waals surface area contributed by atoms with Gasteiger partial charge in [-0.05, 0) is 92.8 Å². The van der Waals surface area contributed by atoms with Crippen LogP contribution in [0.2, 0.25) is 0 Å². The predicted molar refractivity (Wildman–Crippen MR) is 165 cm³/mol. The zero-order valence-electron chi connectivity index (χ0n) is 22.6. The Morgan fingerprint density at radius 2 is 1.03 bits per heavy atom. The number of nitrogens with zero attached hydrogens (tertiary/aromatic N) is 2. The molecule has 4 aromatic carbocycles. The van der Waals surface area contributed by atoms with Crippen molar-refractivity contribution >= 4 is 61.5 Å². The predicted octanol–water partition coefficient (Wildman–Crippen LogP) is 9.16. The number of rotatable bonds is 4. The lowest BCUT2D eigenvalue weighted by Crippen LogP contribution is -2.12. The molecule has 6 aromatic rings. The summed E-state index contributed by atoms with van der Waals surface area (Å²) in [4.78, 5) is 13.6. The van der Waals surface area contributed by atoms with Gasteiger partial charge in [-0.2, -0.15) is 0 Å². The van der Waals surface area contributed by atoms with E-state index in [4.69, 9.17) is 0 Å². The molecule has 0 spiro atoms. The van der Waals surface area contributed by atoms with Crippen molar-refractivity contribution in [3.05, 3.63) is 107 Å². The van der Waals surface area contributed by atoms with Crippen LogP contribution in [-0.2, 0) is 17.9 Å². The summed E-state index contributed by atoms with van der Waals surface area (Å²) in [6, 6.07) is 30.4. The smallest absolute Gasteiger partial charge is 0.185 e. The number of hydrogen-bond acceptors (Lipinski definition) is 1. The number of carbonyl (C=O) groups excluding carboxylic acids is 1. The first-order valence-corrected chi connectivity index (χ1v) is 14.1. The minimum absolute atomic E-state index is 0.188. The van der Waals surface area contributed by atoms with Crippen LogP contribution in [0.15, 0.2) is 96.1 Å². The van der Waals surface area contributed by atoms with E-state index >= 15 is 0 Å². The zero-order valence-corrected chi connectivity index (χ0v) is 22.6. The van der Waals surface area contributed by atoms with E-state index in [9.17, 15) is 4.79 Å². The van der Waals surface area contributed by atoms with Crippen LogP contribution in [0.5, 0.6) is 0 Å². The van der Waals surface area contributed by atoms with E-state index in [2.05, 4.69) is 120 Å². The molecule has 0 bridgehead atoms. The Hall–Kier alpha value is -4.37. The third kappa shape index (κ3) is 3.84. The third-order valence-corrected chi connectivity index (χ3v) is 8.38. The number of allylic oxidation sites excluding steroid dienone is 2. The summed E-state index contributed by atoms with van der Waals surface area (Å²) in [6.07, 6.45) is 6.88. The highest BCUT2D eigenvalue weighted by Gasteiger charge is 2.21. The van der Waals surface area contributed by atoms with Gasteiger partial charge in [0.05, 0.1) is 0 Å². The molecule has 1 aliphatic carbocycles. The number of hydrogen-bond donors (Lipinski definition) is 0. The lowest BCUT2D eigenvalue weighted by atomic mass is 9.86. The van der Waals surface area contributed by atoms with E-state index in [0.717, 1.165) is 54.6 Å². The number of ketones is 1. The SMILES string of the molecule is CCn1c2ccccc2c2cc(/C=C3\CCC/C(=C\c4ccc5c(c4)c4ccccc4n5CC)C3=O)ccc21. The van der Waals surface area contributed by atoms with Gasteiger partial charge in [0.2, 0.25) is 0 Å². The van der Waals surface area contributed by atoms with Crippen LogP contribution >= 0.6 is 0 Å². The van der Waals surface area contributed by atoms with Crippen molar-refractivity contribution in [1.29, 1.82) is 0 Å². The molecule has 3 heteroatoms. The number of fused-ring (bicyclic) bond motifs is 6. The molecule has 3 nitrogen and oxygen atoms in total. The third-order valence-electron chi connectivity index (χ3n) is 8.38. The molecular formula is C36H32N2O. The van der Waals surface area contributed by atoms with Crippen molar-refractivity contribution in [2.45, 2.75) is 46.2 Å². The Morgan fingerprint density at radius 3 is 1.49 bits per heavy atom.